The van der Waals surface area contributed by atoms with Gasteiger partial charge in [0.1, 0.15) is 0 Å². The maximum absolute atomic E-state index is 12.8. The van der Waals surface area contributed by atoms with Gasteiger partial charge in [0.05, 0.1) is 6.04 Å². The van der Waals surface area contributed by atoms with Crippen LogP contribution in [0.5, 0.6) is 0 Å². The standard InChI is InChI=1S/C17H24N2O/c1-12-16-8-3-2-5-13(16)9-10-19(12)17(20)14-6-4-7-15(18)11-14/h2-3,5,8,12,14-15H,4,6-7,9-11,18H2,1H3. The van der Waals surface area contributed by atoms with Crippen LogP contribution in [0.3, 0.4) is 0 Å². The summed E-state index contributed by atoms with van der Waals surface area (Å²) in [7, 11) is 0. The van der Waals surface area contributed by atoms with Gasteiger partial charge < -0.3 is 10.6 Å². The van der Waals surface area contributed by atoms with Gasteiger partial charge in [-0.1, -0.05) is 30.7 Å². The van der Waals surface area contributed by atoms with E-state index < -0.39 is 0 Å². The van der Waals surface area contributed by atoms with Crippen molar-refractivity contribution in [3.63, 3.8) is 0 Å². The van der Waals surface area contributed by atoms with E-state index in [2.05, 4.69) is 36.1 Å². The van der Waals surface area contributed by atoms with E-state index in [4.69, 9.17) is 5.73 Å². The molecule has 0 aromatic heterocycles. The van der Waals surface area contributed by atoms with Crippen molar-refractivity contribution < 1.29 is 4.79 Å². The summed E-state index contributed by atoms with van der Waals surface area (Å²) in [6.07, 6.45) is 5.02. The molecule has 3 nitrogen and oxygen atoms in total. The molecule has 3 heteroatoms. The number of hydrogen-bond acceptors (Lipinski definition) is 2. The molecule has 108 valence electrons. The van der Waals surface area contributed by atoms with Gasteiger partial charge in [-0.2, -0.15) is 0 Å². The van der Waals surface area contributed by atoms with E-state index in [0.717, 1.165) is 38.6 Å². The number of fused-ring (bicyclic) bond motifs is 1. The highest BCUT2D eigenvalue weighted by Gasteiger charge is 2.33. The van der Waals surface area contributed by atoms with Crippen molar-refractivity contribution in [1.82, 2.24) is 4.90 Å². The molecule has 1 saturated carbocycles. The largest absolute Gasteiger partial charge is 0.335 e. The summed E-state index contributed by atoms with van der Waals surface area (Å²) < 4.78 is 0. The first kappa shape index (κ1) is 13.6. The van der Waals surface area contributed by atoms with E-state index in [1.54, 1.807) is 0 Å². The molecule has 1 aromatic rings. The van der Waals surface area contributed by atoms with Gasteiger partial charge in [-0.15, -0.1) is 0 Å². The zero-order valence-corrected chi connectivity index (χ0v) is 12.2. The fraction of sp³-hybridized carbons (Fsp3) is 0.588. The normalized spacial score (nSPS) is 29.9. The molecule has 20 heavy (non-hydrogen) atoms. The summed E-state index contributed by atoms with van der Waals surface area (Å²) in [5.74, 6) is 0.466. The second kappa shape index (κ2) is 5.57. The number of carbonyl (C=O) groups is 1. The van der Waals surface area contributed by atoms with Crippen LogP contribution in [0.25, 0.3) is 0 Å². The molecule has 3 rings (SSSR count). The van der Waals surface area contributed by atoms with Gasteiger partial charge in [0.15, 0.2) is 0 Å². The summed E-state index contributed by atoms with van der Waals surface area (Å²) in [6.45, 7) is 3.00. The topological polar surface area (TPSA) is 46.3 Å². The Kier molecular flexibility index (Phi) is 3.79. The van der Waals surface area contributed by atoms with Gasteiger partial charge in [0, 0.05) is 18.5 Å². The molecular formula is C17H24N2O. The average molecular weight is 272 g/mol. The second-order valence-electron chi connectivity index (χ2n) is 6.28. The molecule has 1 aliphatic carbocycles. The van der Waals surface area contributed by atoms with Crippen molar-refractivity contribution in [2.24, 2.45) is 11.7 Å². The number of benzene rings is 1. The van der Waals surface area contributed by atoms with Gasteiger partial charge in [-0.3, -0.25) is 4.79 Å². The molecule has 3 atom stereocenters. The second-order valence-corrected chi connectivity index (χ2v) is 6.28. The maximum atomic E-state index is 12.8. The van der Waals surface area contributed by atoms with Crippen LogP contribution in [-0.2, 0) is 11.2 Å². The Hall–Kier alpha value is -1.35. The van der Waals surface area contributed by atoms with Gasteiger partial charge >= 0.3 is 0 Å². The van der Waals surface area contributed by atoms with Crippen molar-refractivity contribution in [3.05, 3.63) is 35.4 Å². The predicted molar refractivity (Wildman–Crippen MR) is 80.2 cm³/mol. The van der Waals surface area contributed by atoms with Crippen LogP contribution < -0.4 is 5.73 Å². The smallest absolute Gasteiger partial charge is 0.226 e. The van der Waals surface area contributed by atoms with Crippen LogP contribution in [-0.4, -0.2) is 23.4 Å². The highest BCUT2D eigenvalue weighted by molar-refractivity contribution is 5.80. The Morgan fingerprint density at radius 3 is 2.90 bits per heavy atom. The van der Waals surface area contributed by atoms with Crippen LogP contribution in [0.4, 0.5) is 0 Å². The zero-order chi connectivity index (χ0) is 14.1. The number of hydrogen-bond donors (Lipinski definition) is 1. The first-order valence-corrected chi connectivity index (χ1v) is 7.80. The van der Waals surface area contributed by atoms with E-state index in [-0.39, 0.29) is 18.0 Å². The van der Waals surface area contributed by atoms with Crippen LogP contribution >= 0.6 is 0 Å². The molecule has 1 aliphatic heterocycles. The van der Waals surface area contributed by atoms with Gasteiger partial charge in [0.2, 0.25) is 5.91 Å². The molecule has 1 heterocycles. The van der Waals surface area contributed by atoms with Gasteiger partial charge in [-0.05, 0) is 43.7 Å². The highest BCUT2D eigenvalue weighted by Crippen LogP contribution is 2.33. The van der Waals surface area contributed by atoms with E-state index in [0.29, 0.717) is 5.91 Å². The zero-order valence-electron chi connectivity index (χ0n) is 12.2. The summed E-state index contributed by atoms with van der Waals surface area (Å²) >= 11 is 0. The number of amides is 1. The number of nitrogens with zero attached hydrogens (tertiary/aromatic N) is 1. The van der Waals surface area contributed by atoms with Crippen LogP contribution in [0, 0.1) is 5.92 Å². The molecule has 0 saturated heterocycles. The molecule has 0 spiro atoms. The third-order valence-corrected chi connectivity index (χ3v) is 4.94. The number of rotatable bonds is 1. The lowest BCUT2D eigenvalue weighted by molar-refractivity contribution is -0.139. The monoisotopic (exact) mass is 272 g/mol. The number of carbonyl (C=O) groups excluding carboxylic acids is 1. The SMILES string of the molecule is CC1c2ccccc2CCN1C(=O)C1CCCC(N)C1. The Morgan fingerprint density at radius 2 is 2.10 bits per heavy atom. The molecule has 1 amide bonds. The minimum atomic E-state index is 0.145. The fourth-order valence-electron chi connectivity index (χ4n) is 3.76. The Labute approximate surface area is 121 Å². The Balaban J connectivity index is 1.76. The molecule has 3 unspecified atom stereocenters. The van der Waals surface area contributed by atoms with Crippen molar-refractivity contribution in [3.8, 4) is 0 Å². The molecule has 0 bridgehead atoms. The third kappa shape index (κ3) is 2.47. The van der Waals surface area contributed by atoms with Crippen molar-refractivity contribution in [1.29, 1.82) is 0 Å². The summed E-state index contributed by atoms with van der Waals surface area (Å²) in [5.41, 5.74) is 8.74. The van der Waals surface area contributed by atoms with Crippen molar-refractivity contribution in [2.75, 3.05) is 6.54 Å². The summed E-state index contributed by atoms with van der Waals surface area (Å²) in [4.78, 5) is 14.9. The minimum absolute atomic E-state index is 0.145. The number of nitrogens with two attached hydrogens (primary N) is 1. The van der Waals surface area contributed by atoms with Crippen molar-refractivity contribution >= 4 is 5.91 Å². The fourth-order valence-corrected chi connectivity index (χ4v) is 3.76. The van der Waals surface area contributed by atoms with E-state index >= 15 is 0 Å². The maximum Gasteiger partial charge on any atom is 0.226 e. The lowest BCUT2D eigenvalue weighted by atomic mass is 9.84. The molecular weight excluding hydrogens is 248 g/mol. The molecule has 2 aliphatic rings. The quantitative estimate of drug-likeness (QED) is 0.854. The Bertz CT molecular complexity index is 500. The predicted octanol–water partition coefficient (Wildman–Crippen LogP) is 2.65. The third-order valence-electron chi connectivity index (χ3n) is 4.94. The van der Waals surface area contributed by atoms with E-state index in [1.165, 1.54) is 11.1 Å². The summed E-state index contributed by atoms with van der Waals surface area (Å²) in [5, 5.41) is 0. The van der Waals surface area contributed by atoms with Crippen molar-refractivity contribution in [2.45, 2.75) is 51.1 Å². The minimum Gasteiger partial charge on any atom is -0.335 e. The first-order chi connectivity index (χ1) is 9.66. The molecule has 0 radical (unpaired) electrons. The first-order valence-electron chi connectivity index (χ1n) is 7.80. The van der Waals surface area contributed by atoms with Crippen LogP contribution in [0.15, 0.2) is 24.3 Å². The lowest BCUT2D eigenvalue weighted by Gasteiger charge is -2.38. The lowest BCUT2D eigenvalue weighted by Crippen LogP contribution is -2.44. The average Bonchev–Trinajstić information content (AvgIpc) is 2.47. The molecule has 2 N–H and O–H groups in total. The Morgan fingerprint density at radius 1 is 1.30 bits per heavy atom. The summed E-state index contributed by atoms with van der Waals surface area (Å²) in [6, 6.07) is 8.91. The molecule has 1 fully saturated rings. The van der Waals surface area contributed by atoms with Gasteiger partial charge in [-0.25, -0.2) is 0 Å². The van der Waals surface area contributed by atoms with E-state index in [1.807, 2.05) is 0 Å². The molecule has 1 aromatic carbocycles. The van der Waals surface area contributed by atoms with Gasteiger partial charge in [0.25, 0.3) is 0 Å². The highest BCUT2D eigenvalue weighted by atomic mass is 16.2. The van der Waals surface area contributed by atoms with Crippen LogP contribution in [0.2, 0.25) is 0 Å². The van der Waals surface area contributed by atoms with Crippen LogP contribution in [0.1, 0.15) is 49.8 Å². The van der Waals surface area contributed by atoms with E-state index in [9.17, 15) is 4.79 Å².